The van der Waals surface area contributed by atoms with Crippen LogP contribution in [0.25, 0.3) is 16.9 Å². The summed E-state index contributed by atoms with van der Waals surface area (Å²) in [5.74, 6) is 0. The molecule has 0 bridgehead atoms. The van der Waals surface area contributed by atoms with Crippen LogP contribution >= 0.6 is 11.6 Å². The van der Waals surface area contributed by atoms with Gasteiger partial charge >= 0.3 is 5.69 Å². The Kier molecular flexibility index (Phi) is 4.79. The molecular weight excluding hydrogens is 400 g/mol. The lowest BCUT2D eigenvalue weighted by Gasteiger charge is -2.17. The topological polar surface area (TPSA) is 61.8 Å². The number of halogens is 1. The van der Waals surface area contributed by atoms with Gasteiger partial charge in [0.2, 0.25) is 0 Å². The van der Waals surface area contributed by atoms with Gasteiger partial charge in [0.1, 0.15) is 0 Å². The first-order valence-electron chi connectivity index (χ1n) is 10.2. The van der Waals surface area contributed by atoms with Gasteiger partial charge in [-0.15, -0.1) is 0 Å². The molecule has 152 valence electrons. The van der Waals surface area contributed by atoms with E-state index in [1.165, 1.54) is 4.57 Å². The molecule has 1 fully saturated rings. The first-order chi connectivity index (χ1) is 14.6. The molecule has 5 rings (SSSR count). The molecule has 0 unspecified atom stereocenters. The highest BCUT2D eigenvalue weighted by Crippen LogP contribution is 2.28. The number of hydrogen-bond donors (Lipinski definition) is 0. The van der Waals surface area contributed by atoms with Crippen molar-refractivity contribution in [3.63, 3.8) is 0 Å². The van der Waals surface area contributed by atoms with E-state index in [1.54, 1.807) is 10.9 Å². The maximum atomic E-state index is 13.5. The molecule has 30 heavy (non-hydrogen) atoms. The van der Waals surface area contributed by atoms with E-state index in [9.17, 15) is 9.59 Å². The monoisotopic (exact) mass is 420 g/mol. The lowest BCUT2D eigenvalue weighted by Crippen LogP contribution is -2.41. The molecule has 1 saturated carbocycles. The van der Waals surface area contributed by atoms with Crippen molar-refractivity contribution in [2.75, 3.05) is 0 Å². The molecule has 4 aromatic rings. The SMILES string of the molecule is O=c1c2c(ncn2Cc2cccc(Cl)c2)n(-c2ccccc2)c(=O)n1C1CCCC1. The molecule has 1 aliphatic carbocycles. The normalized spacial score (nSPS) is 14.6. The highest BCUT2D eigenvalue weighted by atomic mass is 35.5. The number of imidazole rings is 1. The number of hydrogen-bond acceptors (Lipinski definition) is 3. The van der Waals surface area contributed by atoms with Crippen molar-refractivity contribution in [3.8, 4) is 5.69 Å². The minimum absolute atomic E-state index is 0.0705. The first kappa shape index (κ1) is 18.9. The van der Waals surface area contributed by atoms with Crippen LogP contribution in [0.3, 0.4) is 0 Å². The molecular formula is C23H21ClN4O2. The molecule has 2 aromatic carbocycles. The van der Waals surface area contributed by atoms with Crippen molar-refractivity contribution in [1.82, 2.24) is 18.7 Å². The largest absolute Gasteiger partial charge is 0.337 e. The van der Waals surface area contributed by atoms with E-state index in [0.717, 1.165) is 31.2 Å². The van der Waals surface area contributed by atoms with Crippen molar-refractivity contribution in [3.05, 3.63) is 92.3 Å². The summed E-state index contributed by atoms with van der Waals surface area (Å²) in [6.45, 7) is 0.448. The van der Waals surface area contributed by atoms with Gasteiger partial charge in [0.25, 0.3) is 5.56 Å². The molecule has 2 aromatic heterocycles. The minimum atomic E-state index is -0.321. The molecule has 0 aliphatic heterocycles. The van der Waals surface area contributed by atoms with E-state index in [1.807, 2.05) is 59.2 Å². The van der Waals surface area contributed by atoms with E-state index in [0.29, 0.717) is 28.4 Å². The van der Waals surface area contributed by atoms with Crippen LogP contribution in [0.4, 0.5) is 0 Å². The second kappa shape index (κ2) is 7.61. The Morgan fingerprint density at radius 3 is 2.50 bits per heavy atom. The Balaban J connectivity index is 1.78. The lowest BCUT2D eigenvalue weighted by molar-refractivity contribution is 0.474. The average Bonchev–Trinajstić information content (AvgIpc) is 3.40. The molecule has 2 heterocycles. The van der Waals surface area contributed by atoms with Crippen LogP contribution in [0.1, 0.15) is 37.3 Å². The van der Waals surface area contributed by atoms with Crippen molar-refractivity contribution in [2.45, 2.75) is 38.3 Å². The average molecular weight is 421 g/mol. The zero-order valence-corrected chi connectivity index (χ0v) is 17.1. The van der Waals surface area contributed by atoms with Gasteiger partial charge in [-0.1, -0.05) is 54.8 Å². The van der Waals surface area contributed by atoms with Gasteiger partial charge in [-0.25, -0.2) is 14.3 Å². The van der Waals surface area contributed by atoms with Crippen LogP contribution in [-0.4, -0.2) is 18.7 Å². The van der Waals surface area contributed by atoms with Crippen LogP contribution in [0, 0.1) is 0 Å². The quantitative estimate of drug-likeness (QED) is 0.498. The van der Waals surface area contributed by atoms with Crippen molar-refractivity contribution < 1.29 is 0 Å². The summed E-state index contributed by atoms with van der Waals surface area (Å²) in [6.07, 6.45) is 5.38. The molecule has 0 saturated heterocycles. The molecule has 0 spiro atoms. The van der Waals surface area contributed by atoms with Gasteiger partial charge < -0.3 is 4.57 Å². The van der Waals surface area contributed by atoms with E-state index in [2.05, 4.69) is 4.98 Å². The molecule has 0 N–H and O–H groups in total. The summed E-state index contributed by atoms with van der Waals surface area (Å²) < 4.78 is 4.82. The Hall–Kier alpha value is -3.12. The number of para-hydroxylation sites is 1. The van der Waals surface area contributed by atoms with Crippen LogP contribution in [0.15, 0.2) is 70.5 Å². The Bertz CT molecular complexity index is 1330. The van der Waals surface area contributed by atoms with E-state index >= 15 is 0 Å². The van der Waals surface area contributed by atoms with Gasteiger partial charge in [-0.3, -0.25) is 9.36 Å². The summed E-state index contributed by atoms with van der Waals surface area (Å²) in [6, 6.07) is 16.8. The molecule has 0 atom stereocenters. The zero-order chi connectivity index (χ0) is 20.7. The number of benzene rings is 2. The molecule has 7 heteroatoms. The third-order valence-electron chi connectivity index (χ3n) is 5.80. The summed E-state index contributed by atoms with van der Waals surface area (Å²) in [7, 11) is 0. The fourth-order valence-electron chi connectivity index (χ4n) is 4.40. The maximum absolute atomic E-state index is 13.5. The van der Waals surface area contributed by atoms with Gasteiger partial charge in [-0.05, 0) is 42.7 Å². The molecule has 1 aliphatic rings. The van der Waals surface area contributed by atoms with Crippen molar-refractivity contribution in [2.24, 2.45) is 0 Å². The maximum Gasteiger partial charge on any atom is 0.337 e. The van der Waals surface area contributed by atoms with E-state index < -0.39 is 0 Å². The lowest BCUT2D eigenvalue weighted by atomic mass is 10.2. The van der Waals surface area contributed by atoms with Crippen LogP contribution < -0.4 is 11.2 Å². The number of aromatic nitrogens is 4. The number of rotatable bonds is 4. The second-order valence-electron chi connectivity index (χ2n) is 7.74. The summed E-state index contributed by atoms with van der Waals surface area (Å²) in [5.41, 5.74) is 1.89. The fraction of sp³-hybridized carbons (Fsp3) is 0.261. The summed E-state index contributed by atoms with van der Waals surface area (Å²) in [4.78, 5) is 31.5. The van der Waals surface area contributed by atoms with Gasteiger partial charge in [0.05, 0.1) is 12.0 Å². The second-order valence-corrected chi connectivity index (χ2v) is 8.18. The number of fused-ring (bicyclic) bond motifs is 1. The molecule has 6 nitrogen and oxygen atoms in total. The van der Waals surface area contributed by atoms with Gasteiger partial charge in [0, 0.05) is 17.6 Å². The Labute approximate surface area is 178 Å². The van der Waals surface area contributed by atoms with Crippen molar-refractivity contribution in [1.29, 1.82) is 0 Å². The smallest absolute Gasteiger partial charge is 0.320 e. The standard InChI is InChI=1S/C23H21ClN4O2/c24-17-8-6-7-16(13-17)14-26-15-25-21-20(26)22(29)28(19-11-4-5-12-19)23(30)27(21)18-9-2-1-3-10-18/h1-3,6-10,13,15,19H,4-5,11-12,14H2. The van der Waals surface area contributed by atoms with Gasteiger partial charge in [0.15, 0.2) is 11.2 Å². The van der Waals surface area contributed by atoms with Crippen LogP contribution in [-0.2, 0) is 6.54 Å². The third-order valence-corrected chi connectivity index (χ3v) is 6.03. The highest BCUT2D eigenvalue weighted by molar-refractivity contribution is 6.30. The molecule has 0 amide bonds. The fourth-order valence-corrected chi connectivity index (χ4v) is 4.61. The Morgan fingerprint density at radius 1 is 1.00 bits per heavy atom. The van der Waals surface area contributed by atoms with Gasteiger partial charge in [-0.2, -0.15) is 0 Å². The van der Waals surface area contributed by atoms with Crippen molar-refractivity contribution >= 4 is 22.8 Å². The summed E-state index contributed by atoms with van der Waals surface area (Å²) >= 11 is 6.14. The first-order valence-corrected chi connectivity index (χ1v) is 10.5. The van der Waals surface area contributed by atoms with E-state index in [4.69, 9.17) is 11.6 Å². The molecule has 0 radical (unpaired) electrons. The number of nitrogens with zero attached hydrogens (tertiary/aromatic N) is 4. The predicted octanol–water partition coefficient (Wildman–Crippen LogP) is 4.17. The third kappa shape index (κ3) is 3.17. The zero-order valence-electron chi connectivity index (χ0n) is 16.4. The Morgan fingerprint density at radius 2 is 1.77 bits per heavy atom. The highest BCUT2D eigenvalue weighted by Gasteiger charge is 2.26. The van der Waals surface area contributed by atoms with Crippen LogP contribution in [0.2, 0.25) is 5.02 Å². The van der Waals surface area contributed by atoms with Crippen LogP contribution in [0.5, 0.6) is 0 Å². The summed E-state index contributed by atoms with van der Waals surface area (Å²) in [5, 5.41) is 0.640. The minimum Gasteiger partial charge on any atom is -0.320 e. The van der Waals surface area contributed by atoms with E-state index in [-0.39, 0.29) is 17.3 Å². The predicted molar refractivity (Wildman–Crippen MR) is 118 cm³/mol.